The number of thiazole rings is 1. The van der Waals surface area contributed by atoms with Crippen LogP contribution in [0, 0.1) is 0 Å². The molecule has 0 bridgehead atoms. The van der Waals surface area contributed by atoms with Gasteiger partial charge in [0.1, 0.15) is 0 Å². The van der Waals surface area contributed by atoms with Gasteiger partial charge < -0.3 is 20.1 Å². The minimum atomic E-state index is -0.101. The second-order valence-corrected chi connectivity index (χ2v) is 6.34. The van der Waals surface area contributed by atoms with Crippen molar-refractivity contribution in [2.24, 2.45) is 0 Å². The standard InChI is InChI=1S/C17H15N5O3S/c23-15(20-8-11-2-3-13-14(6-11)25-10-24-13)7-12-9-26-17(21-12)22-16-18-4-1-5-19-16/h1-6,9H,7-8,10H2,(H,20,23)(H,18,19,21,22). The van der Waals surface area contributed by atoms with E-state index in [2.05, 4.69) is 25.6 Å². The molecule has 8 nitrogen and oxygen atoms in total. The summed E-state index contributed by atoms with van der Waals surface area (Å²) < 4.78 is 10.6. The zero-order valence-corrected chi connectivity index (χ0v) is 14.5. The average molecular weight is 369 g/mol. The third-order valence-corrected chi connectivity index (χ3v) is 4.41. The van der Waals surface area contributed by atoms with Gasteiger partial charge in [-0.05, 0) is 23.8 Å². The van der Waals surface area contributed by atoms with Gasteiger partial charge in [0.25, 0.3) is 0 Å². The molecule has 2 aromatic heterocycles. The van der Waals surface area contributed by atoms with Gasteiger partial charge in [0.15, 0.2) is 16.6 Å². The maximum absolute atomic E-state index is 12.1. The van der Waals surface area contributed by atoms with Crippen LogP contribution in [0.1, 0.15) is 11.3 Å². The number of carbonyl (C=O) groups is 1. The lowest BCUT2D eigenvalue weighted by Crippen LogP contribution is -2.24. The predicted octanol–water partition coefficient (Wildman–Crippen LogP) is 2.26. The Hall–Kier alpha value is -3.20. The molecule has 4 rings (SSSR count). The van der Waals surface area contributed by atoms with Gasteiger partial charge in [-0.1, -0.05) is 6.07 Å². The molecule has 26 heavy (non-hydrogen) atoms. The summed E-state index contributed by atoms with van der Waals surface area (Å²) in [6.45, 7) is 0.655. The number of hydrogen-bond acceptors (Lipinski definition) is 8. The minimum absolute atomic E-state index is 0.101. The lowest BCUT2D eigenvalue weighted by Gasteiger charge is -2.05. The number of rotatable bonds is 6. The van der Waals surface area contributed by atoms with E-state index >= 15 is 0 Å². The Morgan fingerprint density at radius 3 is 2.92 bits per heavy atom. The number of anilines is 2. The van der Waals surface area contributed by atoms with E-state index in [9.17, 15) is 4.79 Å². The first-order chi connectivity index (χ1) is 12.8. The molecule has 1 aliphatic heterocycles. The summed E-state index contributed by atoms with van der Waals surface area (Å²) in [5, 5.41) is 8.38. The smallest absolute Gasteiger partial charge is 0.231 e. The molecular weight excluding hydrogens is 354 g/mol. The summed E-state index contributed by atoms with van der Waals surface area (Å²) in [5.74, 6) is 1.80. The van der Waals surface area contributed by atoms with Crippen LogP contribution in [0.25, 0.3) is 0 Å². The Morgan fingerprint density at radius 1 is 1.19 bits per heavy atom. The Kier molecular flexibility index (Phi) is 4.61. The number of benzene rings is 1. The quantitative estimate of drug-likeness (QED) is 0.688. The number of ether oxygens (including phenoxy) is 2. The molecule has 1 aromatic carbocycles. The highest BCUT2D eigenvalue weighted by Gasteiger charge is 2.14. The molecule has 132 valence electrons. The molecule has 2 N–H and O–H groups in total. The summed E-state index contributed by atoms with van der Waals surface area (Å²) in [7, 11) is 0. The summed E-state index contributed by atoms with van der Waals surface area (Å²) in [6, 6.07) is 7.35. The van der Waals surface area contributed by atoms with Crippen LogP contribution < -0.4 is 20.1 Å². The lowest BCUT2D eigenvalue weighted by molar-refractivity contribution is -0.120. The second-order valence-electron chi connectivity index (χ2n) is 5.48. The molecule has 1 aliphatic rings. The van der Waals surface area contributed by atoms with Crippen LogP contribution in [0.15, 0.2) is 42.0 Å². The number of fused-ring (bicyclic) bond motifs is 1. The molecule has 0 saturated carbocycles. The Balaban J connectivity index is 1.29. The fourth-order valence-electron chi connectivity index (χ4n) is 2.38. The maximum Gasteiger partial charge on any atom is 0.231 e. The van der Waals surface area contributed by atoms with Gasteiger partial charge in [-0.25, -0.2) is 15.0 Å². The Bertz CT molecular complexity index is 916. The number of aromatic nitrogens is 3. The third kappa shape index (κ3) is 3.89. The molecule has 0 aliphatic carbocycles. The van der Waals surface area contributed by atoms with Gasteiger partial charge in [0.2, 0.25) is 18.6 Å². The van der Waals surface area contributed by atoms with Gasteiger partial charge in [0.05, 0.1) is 12.1 Å². The largest absolute Gasteiger partial charge is 0.454 e. The van der Waals surface area contributed by atoms with E-state index in [0.717, 1.165) is 11.3 Å². The third-order valence-electron chi connectivity index (χ3n) is 3.60. The normalized spacial score (nSPS) is 12.0. The van der Waals surface area contributed by atoms with Crippen LogP contribution in [-0.4, -0.2) is 27.7 Å². The molecule has 1 amide bonds. The number of hydrogen-bond donors (Lipinski definition) is 2. The van der Waals surface area contributed by atoms with Crippen molar-refractivity contribution in [2.45, 2.75) is 13.0 Å². The highest BCUT2D eigenvalue weighted by atomic mass is 32.1. The van der Waals surface area contributed by atoms with Crippen molar-refractivity contribution < 1.29 is 14.3 Å². The molecule has 3 aromatic rings. The Morgan fingerprint density at radius 2 is 2.04 bits per heavy atom. The summed E-state index contributed by atoms with van der Waals surface area (Å²) >= 11 is 1.40. The highest BCUT2D eigenvalue weighted by molar-refractivity contribution is 7.13. The van der Waals surface area contributed by atoms with E-state index in [4.69, 9.17) is 9.47 Å². The average Bonchev–Trinajstić information content (AvgIpc) is 3.29. The predicted molar refractivity (Wildman–Crippen MR) is 95.5 cm³/mol. The highest BCUT2D eigenvalue weighted by Crippen LogP contribution is 2.32. The van der Waals surface area contributed by atoms with E-state index in [1.165, 1.54) is 11.3 Å². The first-order valence-corrected chi connectivity index (χ1v) is 8.78. The van der Waals surface area contributed by atoms with E-state index in [0.29, 0.717) is 29.1 Å². The molecule has 0 radical (unpaired) electrons. The number of carbonyl (C=O) groups excluding carboxylic acids is 1. The first-order valence-electron chi connectivity index (χ1n) is 7.90. The van der Waals surface area contributed by atoms with Crippen LogP contribution in [0.2, 0.25) is 0 Å². The molecule has 0 spiro atoms. The minimum Gasteiger partial charge on any atom is -0.454 e. The van der Waals surface area contributed by atoms with Crippen molar-refractivity contribution in [3.05, 3.63) is 53.3 Å². The fraction of sp³-hybridized carbons (Fsp3) is 0.176. The van der Waals surface area contributed by atoms with E-state index in [1.807, 2.05) is 23.6 Å². The number of nitrogens with zero attached hydrogens (tertiary/aromatic N) is 3. The van der Waals surface area contributed by atoms with E-state index in [1.54, 1.807) is 18.5 Å². The van der Waals surface area contributed by atoms with E-state index < -0.39 is 0 Å². The topological polar surface area (TPSA) is 98.3 Å². The SMILES string of the molecule is O=C(Cc1csc(Nc2ncccn2)n1)NCc1ccc2c(c1)OCO2. The zero-order valence-electron chi connectivity index (χ0n) is 13.6. The van der Waals surface area contributed by atoms with Crippen molar-refractivity contribution in [2.75, 3.05) is 12.1 Å². The molecule has 9 heteroatoms. The van der Waals surface area contributed by atoms with Crippen LogP contribution in [0.5, 0.6) is 11.5 Å². The molecule has 0 atom stereocenters. The van der Waals surface area contributed by atoms with Crippen LogP contribution in [0.4, 0.5) is 11.1 Å². The molecule has 0 unspecified atom stereocenters. The molecule has 0 fully saturated rings. The molecule has 0 saturated heterocycles. The van der Waals surface area contributed by atoms with Crippen LogP contribution >= 0.6 is 11.3 Å². The lowest BCUT2D eigenvalue weighted by atomic mass is 10.2. The van der Waals surface area contributed by atoms with Crippen molar-refractivity contribution in [3.63, 3.8) is 0 Å². The maximum atomic E-state index is 12.1. The fourth-order valence-corrected chi connectivity index (χ4v) is 3.09. The molecular formula is C17H15N5O3S. The van der Waals surface area contributed by atoms with Gasteiger partial charge in [-0.15, -0.1) is 11.3 Å². The van der Waals surface area contributed by atoms with Gasteiger partial charge >= 0.3 is 0 Å². The van der Waals surface area contributed by atoms with Crippen molar-refractivity contribution in [3.8, 4) is 11.5 Å². The summed E-state index contributed by atoms with van der Waals surface area (Å²) in [4.78, 5) is 24.7. The van der Waals surface area contributed by atoms with Crippen LogP contribution in [-0.2, 0) is 17.8 Å². The first kappa shape index (κ1) is 16.3. The van der Waals surface area contributed by atoms with Crippen molar-refractivity contribution >= 4 is 28.3 Å². The molecule has 3 heterocycles. The summed E-state index contributed by atoms with van der Waals surface area (Å²) in [6.07, 6.45) is 3.50. The van der Waals surface area contributed by atoms with Crippen molar-refractivity contribution in [1.82, 2.24) is 20.3 Å². The number of amides is 1. The monoisotopic (exact) mass is 369 g/mol. The number of nitrogens with one attached hydrogen (secondary N) is 2. The Labute approximate surface area is 153 Å². The van der Waals surface area contributed by atoms with Gasteiger partial charge in [-0.3, -0.25) is 4.79 Å². The van der Waals surface area contributed by atoms with Crippen molar-refractivity contribution in [1.29, 1.82) is 0 Å². The zero-order chi connectivity index (χ0) is 17.8. The van der Waals surface area contributed by atoms with Crippen LogP contribution in [0.3, 0.4) is 0 Å². The van der Waals surface area contributed by atoms with E-state index in [-0.39, 0.29) is 19.1 Å². The van der Waals surface area contributed by atoms with Gasteiger partial charge in [-0.2, -0.15) is 0 Å². The van der Waals surface area contributed by atoms with Gasteiger partial charge in [0, 0.05) is 24.3 Å². The second kappa shape index (κ2) is 7.36. The summed E-state index contributed by atoms with van der Waals surface area (Å²) in [5.41, 5.74) is 1.64.